The van der Waals surface area contributed by atoms with Gasteiger partial charge in [-0.1, -0.05) is 129 Å². The fraction of sp³-hybridized carbons (Fsp3) is 0.929. The van der Waals surface area contributed by atoms with Crippen molar-refractivity contribution in [1.29, 1.82) is 0 Å². The van der Waals surface area contributed by atoms with E-state index < -0.39 is 11.9 Å². The lowest BCUT2D eigenvalue weighted by Crippen LogP contribution is -2.13. The molecule has 0 rings (SSSR count). The lowest BCUT2D eigenvalue weighted by atomic mass is 9.93. The molecule has 0 saturated carbocycles. The van der Waals surface area contributed by atoms with Crippen LogP contribution in [0.5, 0.6) is 0 Å². The maximum absolute atomic E-state index is 11.5. The molecule has 32 heavy (non-hydrogen) atoms. The predicted molar refractivity (Wildman–Crippen MR) is 135 cm³/mol. The molecule has 0 spiro atoms. The minimum absolute atomic E-state index is 0.167. The van der Waals surface area contributed by atoms with Gasteiger partial charge < -0.3 is 10.2 Å². The smallest absolute Gasteiger partial charge is 0.306 e. The molecule has 0 aliphatic heterocycles. The molecule has 190 valence electrons. The highest BCUT2D eigenvalue weighted by molar-refractivity contribution is 5.70. The normalized spacial score (nSPS) is 13.2. The first-order chi connectivity index (χ1) is 15.5. The summed E-state index contributed by atoms with van der Waals surface area (Å²) < 4.78 is 0. The van der Waals surface area contributed by atoms with Crippen molar-refractivity contribution in [3.8, 4) is 0 Å². The van der Waals surface area contributed by atoms with Gasteiger partial charge in [0.15, 0.2) is 0 Å². The Morgan fingerprint density at radius 2 is 0.656 bits per heavy atom. The molecule has 2 N–H and O–H groups in total. The summed E-state index contributed by atoms with van der Waals surface area (Å²) in [5, 5.41) is 18.9. The number of carboxylic acid groups (broad SMARTS) is 2. The first-order valence-electron chi connectivity index (χ1n) is 14.0. The third-order valence-electron chi connectivity index (χ3n) is 6.87. The second kappa shape index (κ2) is 23.1. The Hall–Kier alpha value is -1.06. The quantitative estimate of drug-likeness (QED) is 0.135. The van der Waals surface area contributed by atoms with Gasteiger partial charge in [-0.2, -0.15) is 0 Å². The van der Waals surface area contributed by atoms with Gasteiger partial charge in [0, 0.05) is 0 Å². The van der Waals surface area contributed by atoms with Gasteiger partial charge in [0.2, 0.25) is 0 Å². The number of rotatable bonds is 25. The lowest BCUT2D eigenvalue weighted by Gasteiger charge is -2.13. The molecular formula is C28H54O4. The Bertz CT molecular complexity index is 395. The highest BCUT2D eigenvalue weighted by atomic mass is 16.4. The molecule has 0 bridgehead atoms. The Morgan fingerprint density at radius 1 is 0.438 bits per heavy atom. The average Bonchev–Trinajstić information content (AvgIpc) is 2.76. The maximum Gasteiger partial charge on any atom is 0.306 e. The molecule has 0 aromatic rings. The molecule has 0 aromatic heterocycles. The van der Waals surface area contributed by atoms with Crippen molar-refractivity contribution in [2.45, 2.75) is 155 Å². The predicted octanol–water partition coefficient (Wildman–Crippen LogP) is 9.01. The van der Waals surface area contributed by atoms with Crippen molar-refractivity contribution in [2.75, 3.05) is 0 Å². The first kappa shape index (κ1) is 30.9. The second-order valence-corrected chi connectivity index (χ2v) is 9.88. The van der Waals surface area contributed by atoms with Crippen molar-refractivity contribution in [1.82, 2.24) is 0 Å². The number of hydrogen-bond donors (Lipinski definition) is 2. The van der Waals surface area contributed by atoms with Crippen LogP contribution in [0.1, 0.15) is 155 Å². The lowest BCUT2D eigenvalue weighted by molar-refractivity contribution is -0.143. The van der Waals surface area contributed by atoms with Crippen molar-refractivity contribution < 1.29 is 19.8 Å². The van der Waals surface area contributed by atoms with Crippen molar-refractivity contribution in [3.63, 3.8) is 0 Å². The van der Waals surface area contributed by atoms with Gasteiger partial charge in [-0.25, -0.2) is 0 Å². The van der Waals surface area contributed by atoms with Gasteiger partial charge in [0.05, 0.1) is 11.8 Å². The standard InChI is InChI=1S/C28H54O4/c1-3-5-7-9-13-17-21-25(27(29)30)23-19-15-11-12-16-20-24-26(28(31)32)22-18-14-10-8-6-4-2/h25-26H,3-24H2,1-2H3,(H,29,30)(H,31,32). The van der Waals surface area contributed by atoms with Crippen LogP contribution in [-0.2, 0) is 9.59 Å². The van der Waals surface area contributed by atoms with Crippen molar-refractivity contribution >= 4 is 11.9 Å². The Kier molecular flexibility index (Phi) is 22.3. The van der Waals surface area contributed by atoms with E-state index in [1.807, 2.05) is 0 Å². The summed E-state index contributed by atoms with van der Waals surface area (Å²) in [5.74, 6) is -1.58. The maximum atomic E-state index is 11.5. The molecule has 0 amide bonds. The minimum Gasteiger partial charge on any atom is -0.481 e. The minimum atomic E-state index is -0.622. The van der Waals surface area contributed by atoms with Crippen LogP contribution in [0.2, 0.25) is 0 Å². The Balaban J connectivity index is 3.72. The van der Waals surface area contributed by atoms with Crippen LogP contribution in [0.25, 0.3) is 0 Å². The van der Waals surface area contributed by atoms with E-state index in [9.17, 15) is 19.8 Å². The topological polar surface area (TPSA) is 74.6 Å². The average molecular weight is 455 g/mol. The van der Waals surface area contributed by atoms with Gasteiger partial charge in [-0.15, -0.1) is 0 Å². The number of hydrogen-bond acceptors (Lipinski definition) is 2. The Labute approximate surface area is 199 Å². The van der Waals surface area contributed by atoms with Gasteiger partial charge in [-0.3, -0.25) is 9.59 Å². The van der Waals surface area contributed by atoms with E-state index in [4.69, 9.17) is 0 Å². The number of carboxylic acids is 2. The van der Waals surface area contributed by atoms with Gasteiger partial charge in [0.25, 0.3) is 0 Å². The molecule has 0 heterocycles. The molecule has 0 fully saturated rings. The molecule has 4 heteroatoms. The highest BCUT2D eigenvalue weighted by Gasteiger charge is 2.17. The molecule has 4 nitrogen and oxygen atoms in total. The fourth-order valence-electron chi connectivity index (χ4n) is 4.61. The van der Waals surface area contributed by atoms with E-state index in [0.29, 0.717) is 0 Å². The number of unbranched alkanes of at least 4 members (excludes halogenated alkanes) is 15. The van der Waals surface area contributed by atoms with Crippen LogP contribution in [0.15, 0.2) is 0 Å². The summed E-state index contributed by atoms with van der Waals surface area (Å²) in [4.78, 5) is 23.0. The molecule has 2 atom stereocenters. The molecule has 2 unspecified atom stereocenters. The molecular weight excluding hydrogens is 400 g/mol. The molecule has 0 aliphatic carbocycles. The van der Waals surface area contributed by atoms with Crippen LogP contribution < -0.4 is 0 Å². The fourth-order valence-corrected chi connectivity index (χ4v) is 4.61. The largest absolute Gasteiger partial charge is 0.481 e. The van der Waals surface area contributed by atoms with E-state index in [0.717, 1.165) is 77.0 Å². The van der Waals surface area contributed by atoms with E-state index in [1.165, 1.54) is 64.2 Å². The van der Waals surface area contributed by atoms with E-state index in [2.05, 4.69) is 13.8 Å². The van der Waals surface area contributed by atoms with Crippen LogP contribution in [0.3, 0.4) is 0 Å². The van der Waals surface area contributed by atoms with Crippen LogP contribution >= 0.6 is 0 Å². The summed E-state index contributed by atoms with van der Waals surface area (Å²) in [6, 6.07) is 0. The van der Waals surface area contributed by atoms with Gasteiger partial charge in [-0.05, 0) is 25.7 Å². The van der Waals surface area contributed by atoms with E-state index in [-0.39, 0.29) is 11.8 Å². The highest BCUT2D eigenvalue weighted by Crippen LogP contribution is 2.21. The molecule has 0 radical (unpaired) electrons. The van der Waals surface area contributed by atoms with Crippen LogP contribution in [0.4, 0.5) is 0 Å². The first-order valence-corrected chi connectivity index (χ1v) is 14.0. The zero-order chi connectivity index (χ0) is 23.9. The number of carbonyl (C=O) groups is 2. The molecule has 0 saturated heterocycles. The monoisotopic (exact) mass is 454 g/mol. The van der Waals surface area contributed by atoms with Gasteiger partial charge in [0.1, 0.15) is 0 Å². The summed E-state index contributed by atoms with van der Waals surface area (Å²) in [5.41, 5.74) is 0. The van der Waals surface area contributed by atoms with E-state index >= 15 is 0 Å². The van der Waals surface area contributed by atoms with Crippen LogP contribution in [0, 0.1) is 11.8 Å². The van der Waals surface area contributed by atoms with Crippen LogP contribution in [-0.4, -0.2) is 22.2 Å². The van der Waals surface area contributed by atoms with Crippen molar-refractivity contribution in [2.24, 2.45) is 11.8 Å². The van der Waals surface area contributed by atoms with Crippen molar-refractivity contribution in [3.05, 3.63) is 0 Å². The number of aliphatic carboxylic acids is 2. The van der Waals surface area contributed by atoms with Gasteiger partial charge >= 0.3 is 11.9 Å². The third kappa shape index (κ3) is 19.6. The second-order valence-electron chi connectivity index (χ2n) is 9.88. The zero-order valence-corrected chi connectivity index (χ0v) is 21.4. The molecule has 0 aromatic carbocycles. The summed E-state index contributed by atoms with van der Waals surface area (Å²) in [7, 11) is 0. The third-order valence-corrected chi connectivity index (χ3v) is 6.87. The molecule has 0 aliphatic rings. The van der Waals surface area contributed by atoms with E-state index in [1.54, 1.807) is 0 Å². The zero-order valence-electron chi connectivity index (χ0n) is 21.4. The summed E-state index contributed by atoms with van der Waals surface area (Å²) in [6.07, 6.45) is 24.3. The summed E-state index contributed by atoms with van der Waals surface area (Å²) in [6.45, 7) is 4.43. The summed E-state index contributed by atoms with van der Waals surface area (Å²) >= 11 is 0. The SMILES string of the molecule is CCCCCCCCC(CCCCCCCCC(CCCCCCCC)C(=O)O)C(=O)O. The Morgan fingerprint density at radius 3 is 0.875 bits per heavy atom.